The van der Waals surface area contributed by atoms with Gasteiger partial charge in [-0.05, 0) is 50.5 Å². The summed E-state index contributed by atoms with van der Waals surface area (Å²) < 4.78 is 27.7. The zero-order chi connectivity index (χ0) is 22.0. The summed E-state index contributed by atoms with van der Waals surface area (Å²) in [6.07, 6.45) is 2.68. The molecular formula is C23H28N4O3S. The molecule has 2 aromatic carbocycles. The number of piperidine rings is 1. The van der Waals surface area contributed by atoms with Crippen LogP contribution in [0.2, 0.25) is 0 Å². The number of hydrogen-bond donors (Lipinski definition) is 1. The molecule has 1 atom stereocenters. The number of aromatic nitrogens is 2. The van der Waals surface area contributed by atoms with Crippen molar-refractivity contribution in [1.82, 2.24) is 19.4 Å². The van der Waals surface area contributed by atoms with Crippen LogP contribution in [0.15, 0.2) is 59.6 Å². The number of nitrogens with zero attached hydrogens (tertiary/aromatic N) is 3. The highest BCUT2D eigenvalue weighted by molar-refractivity contribution is 7.89. The third-order valence-electron chi connectivity index (χ3n) is 6.23. The summed E-state index contributed by atoms with van der Waals surface area (Å²) in [4.78, 5) is 15.4. The van der Waals surface area contributed by atoms with Crippen molar-refractivity contribution in [3.05, 3.63) is 60.3 Å². The van der Waals surface area contributed by atoms with Crippen LogP contribution in [-0.2, 0) is 14.8 Å². The van der Waals surface area contributed by atoms with Gasteiger partial charge in [-0.15, -0.1) is 0 Å². The molecule has 8 heteroatoms. The third kappa shape index (κ3) is 4.22. The van der Waals surface area contributed by atoms with Crippen molar-refractivity contribution in [2.24, 2.45) is 5.92 Å². The van der Waals surface area contributed by atoms with Gasteiger partial charge in [0.15, 0.2) is 0 Å². The van der Waals surface area contributed by atoms with Crippen LogP contribution in [0.4, 0.5) is 0 Å². The third-order valence-corrected chi connectivity index (χ3v) is 8.12. The van der Waals surface area contributed by atoms with E-state index in [1.165, 1.54) is 4.31 Å². The number of H-pyrrole nitrogens is 1. The summed E-state index contributed by atoms with van der Waals surface area (Å²) in [6, 6.07) is 15.0. The molecule has 0 unspecified atom stereocenters. The number of benzene rings is 2. The maximum Gasteiger partial charge on any atom is 0.243 e. The van der Waals surface area contributed by atoms with Crippen molar-refractivity contribution in [3.63, 3.8) is 0 Å². The van der Waals surface area contributed by atoms with Crippen molar-refractivity contribution >= 4 is 26.8 Å². The maximum absolute atomic E-state index is 13.2. The first-order valence-corrected chi connectivity index (χ1v) is 12.1. The number of aromatic amines is 1. The van der Waals surface area contributed by atoms with E-state index in [1.807, 2.05) is 49.1 Å². The molecule has 0 saturated carbocycles. The SMILES string of the molecule is CCN(C(=O)C1CCN(S(=O)(=O)c2ccc3[nH]ncc3c2)CC1)[C@H](C)c1ccccc1. The lowest BCUT2D eigenvalue weighted by atomic mass is 9.95. The summed E-state index contributed by atoms with van der Waals surface area (Å²) in [6.45, 7) is 5.35. The van der Waals surface area contributed by atoms with Crippen LogP contribution in [0, 0.1) is 5.92 Å². The Morgan fingerprint density at radius 2 is 1.90 bits per heavy atom. The molecule has 1 aromatic heterocycles. The van der Waals surface area contributed by atoms with Crippen LogP contribution in [0.1, 0.15) is 38.3 Å². The van der Waals surface area contributed by atoms with Crippen LogP contribution >= 0.6 is 0 Å². The Labute approximate surface area is 183 Å². The Kier molecular flexibility index (Phi) is 6.11. The van der Waals surface area contributed by atoms with Crippen molar-refractivity contribution in [2.75, 3.05) is 19.6 Å². The van der Waals surface area contributed by atoms with E-state index >= 15 is 0 Å². The fourth-order valence-electron chi connectivity index (χ4n) is 4.34. The number of hydrogen-bond acceptors (Lipinski definition) is 4. The molecule has 1 aliphatic heterocycles. The summed E-state index contributed by atoms with van der Waals surface area (Å²) in [7, 11) is -3.60. The van der Waals surface area contributed by atoms with Gasteiger partial charge in [-0.2, -0.15) is 9.40 Å². The Hall–Kier alpha value is -2.71. The van der Waals surface area contributed by atoms with E-state index in [0.717, 1.165) is 16.5 Å². The summed E-state index contributed by atoms with van der Waals surface area (Å²) in [5.74, 6) is -0.0513. The molecule has 31 heavy (non-hydrogen) atoms. The van der Waals surface area contributed by atoms with Gasteiger partial charge < -0.3 is 4.90 Å². The topological polar surface area (TPSA) is 86.4 Å². The monoisotopic (exact) mass is 440 g/mol. The quantitative estimate of drug-likeness (QED) is 0.635. The Bertz CT molecular complexity index is 1150. The number of carbonyl (C=O) groups is 1. The second kappa shape index (κ2) is 8.80. The molecule has 1 amide bonds. The number of carbonyl (C=O) groups excluding carboxylic acids is 1. The number of rotatable bonds is 6. The summed E-state index contributed by atoms with van der Waals surface area (Å²) in [5, 5.41) is 7.55. The Balaban J connectivity index is 1.44. The molecule has 0 aliphatic carbocycles. The number of amides is 1. The molecule has 3 aromatic rings. The van der Waals surface area contributed by atoms with Crippen LogP contribution < -0.4 is 0 Å². The number of sulfonamides is 1. The van der Waals surface area contributed by atoms with Crippen LogP contribution in [0.3, 0.4) is 0 Å². The zero-order valence-corrected chi connectivity index (χ0v) is 18.7. The molecule has 164 valence electrons. The van der Waals surface area contributed by atoms with Crippen molar-refractivity contribution < 1.29 is 13.2 Å². The average Bonchev–Trinajstić information content (AvgIpc) is 3.28. The van der Waals surface area contributed by atoms with Gasteiger partial charge in [-0.3, -0.25) is 9.89 Å². The van der Waals surface area contributed by atoms with E-state index in [2.05, 4.69) is 10.2 Å². The van der Waals surface area contributed by atoms with Crippen LogP contribution in [0.5, 0.6) is 0 Å². The van der Waals surface area contributed by atoms with Crippen molar-refractivity contribution in [1.29, 1.82) is 0 Å². The van der Waals surface area contributed by atoms with E-state index in [1.54, 1.807) is 24.4 Å². The van der Waals surface area contributed by atoms with Gasteiger partial charge in [0.25, 0.3) is 0 Å². The maximum atomic E-state index is 13.2. The lowest BCUT2D eigenvalue weighted by Gasteiger charge is -2.36. The summed E-state index contributed by atoms with van der Waals surface area (Å²) >= 11 is 0. The fraction of sp³-hybridized carbons (Fsp3) is 0.391. The highest BCUT2D eigenvalue weighted by atomic mass is 32.2. The van der Waals surface area contributed by atoms with Gasteiger partial charge >= 0.3 is 0 Å². The standard InChI is InChI=1S/C23H28N4O3S/c1-3-27(17(2)18-7-5-4-6-8-18)23(28)19-11-13-26(14-12-19)31(29,30)21-9-10-22-20(15-21)16-24-25-22/h4-10,15-17,19H,3,11-14H2,1-2H3,(H,24,25)/t17-/m1/s1. The second-order valence-corrected chi connectivity index (χ2v) is 9.95. The van der Waals surface area contributed by atoms with Crippen LogP contribution in [-0.4, -0.2) is 53.4 Å². The van der Waals surface area contributed by atoms with E-state index in [4.69, 9.17) is 0 Å². The minimum Gasteiger partial charge on any atom is -0.336 e. The van der Waals surface area contributed by atoms with Gasteiger partial charge in [-0.25, -0.2) is 8.42 Å². The lowest BCUT2D eigenvalue weighted by molar-refractivity contribution is -0.138. The molecule has 4 rings (SSSR count). The lowest BCUT2D eigenvalue weighted by Crippen LogP contribution is -2.45. The first kappa shape index (κ1) is 21.5. The van der Waals surface area contributed by atoms with E-state index in [9.17, 15) is 13.2 Å². The molecule has 0 spiro atoms. The van der Waals surface area contributed by atoms with Crippen LogP contribution in [0.25, 0.3) is 10.9 Å². The predicted molar refractivity (Wildman–Crippen MR) is 120 cm³/mol. The smallest absolute Gasteiger partial charge is 0.243 e. The molecule has 1 fully saturated rings. The summed E-state index contributed by atoms with van der Waals surface area (Å²) in [5.41, 5.74) is 1.91. The highest BCUT2D eigenvalue weighted by Gasteiger charge is 2.34. The molecule has 0 radical (unpaired) electrons. The first-order valence-electron chi connectivity index (χ1n) is 10.7. The minimum absolute atomic E-state index is 0.0119. The normalized spacial score (nSPS) is 17.0. The fourth-order valence-corrected chi connectivity index (χ4v) is 5.85. The van der Waals surface area contributed by atoms with Gasteiger partial charge in [-0.1, -0.05) is 30.3 Å². The van der Waals surface area contributed by atoms with Gasteiger partial charge in [0.1, 0.15) is 0 Å². The average molecular weight is 441 g/mol. The second-order valence-electron chi connectivity index (χ2n) is 8.01. The number of nitrogens with one attached hydrogen (secondary N) is 1. The molecule has 1 N–H and O–H groups in total. The van der Waals surface area contributed by atoms with Gasteiger partial charge in [0.2, 0.25) is 15.9 Å². The van der Waals surface area contributed by atoms with E-state index < -0.39 is 10.0 Å². The molecular weight excluding hydrogens is 412 g/mol. The molecule has 1 saturated heterocycles. The molecule has 0 bridgehead atoms. The van der Waals surface area contributed by atoms with Crippen molar-refractivity contribution in [2.45, 2.75) is 37.6 Å². The largest absolute Gasteiger partial charge is 0.336 e. The van der Waals surface area contributed by atoms with Gasteiger partial charge in [0, 0.05) is 30.9 Å². The zero-order valence-electron chi connectivity index (χ0n) is 17.9. The van der Waals surface area contributed by atoms with Crippen molar-refractivity contribution in [3.8, 4) is 0 Å². The number of fused-ring (bicyclic) bond motifs is 1. The molecule has 1 aliphatic rings. The Morgan fingerprint density at radius 1 is 1.19 bits per heavy atom. The first-order chi connectivity index (χ1) is 14.9. The highest BCUT2D eigenvalue weighted by Crippen LogP contribution is 2.29. The van der Waals surface area contributed by atoms with Gasteiger partial charge in [0.05, 0.1) is 22.7 Å². The predicted octanol–water partition coefficient (Wildman–Crippen LogP) is 3.57. The van der Waals surface area contributed by atoms with E-state index in [0.29, 0.717) is 32.5 Å². The minimum atomic E-state index is -3.60. The molecule has 2 heterocycles. The molecule has 7 nitrogen and oxygen atoms in total. The van der Waals surface area contributed by atoms with E-state index in [-0.39, 0.29) is 22.8 Å². The Morgan fingerprint density at radius 3 is 2.58 bits per heavy atom.